The zero-order valence-corrected chi connectivity index (χ0v) is 20.6. The minimum Gasteiger partial charge on any atom is -0.496 e. The van der Waals surface area contributed by atoms with Crippen LogP contribution >= 0.6 is 34.8 Å². The second-order valence-corrected chi connectivity index (χ2v) is 9.03. The Balaban J connectivity index is 1.36. The van der Waals surface area contributed by atoms with Crippen molar-refractivity contribution in [1.29, 1.82) is 0 Å². The molecular weight excluding hydrogens is 497 g/mol. The highest BCUT2D eigenvalue weighted by molar-refractivity contribution is 6.37. The molecule has 0 atom stereocenters. The molecule has 0 radical (unpaired) electrons. The number of anilines is 2. The molecule has 1 aliphatic rings. The molecule has 34 heavy (non-hydrogen) atoms. The molecule has 0 unspecified atom stereocenters. The fourth-order valence-corrected chi connectivity index (χ4v) is 4.48. The minimum atomic E-state index is -0.307. The first kappa shape index (κ1) is 24.2. The van der Waals surface area contributed by atoms with Gasteiger partial charge >= 0.3 is 0 Å². The van der Waals surface area contributed by atoms with E-state index in [1.165, 1.54) is 13.2 Å². The van der Waals surface area contributed by atoms with E-state index >= 15 is 0 Å². The Morgan fingerprint density at radius 1 is 0.824 bits per heavy atom. The van der Waals surface area contributed by atoms with Crippen molar-refractivity contribution >= 4 is 58.0 Å². The highest BCUT2D eigenvalue weighted by atomic mass is 35.5. The molecule has 176 valence electrons. The van der Waals surface area contributed by atoms with E-state index in [-0.39, 0.29) is 11.8 Å². The normalized spacial score (nSPS) is 13.5. The lowest BCUT2D eigenvalue weighted by Crippen LogP contribution is -2.48. The van der Waals surface area contributed by atoms with E-state index in [2.05, 4.69) is 10.2 Å². The highest BCUT2D eigenvalue weighted by Crippen LogP contribution is 2.26. The zero-order valence-electron chi connectivity index (χ0n) is 18.4. The number of amides is 2. The fraction of sp³-hybridized carbons (Fsp3) is 0.200. The van der Waals surface area contributed by atoms with Crippen LogP contribution in [0.1, 0.15) is 20.7 Å². The van der Waals surface area contributed by atoms with Gasteiger partial charge in [-0.25, -0.2) is 0 Å². The maximum absolute atomic E-state index is 13.0. The van der Waals surface area contributed by atoms with Crippen LogP contribution in [0.3, 0.4) is 0 Å². The van der Waals surface area contributed by atoms with Crippen LogP contribution in [-0.4, -0.2) is 50.0 Å². The van der Waals surface area contributed by atoms with Crippen molar-refractivity contribution in [2.24, 2.45) is 0 Å². The third-order valence-corrected chi connectivity index (χ3v) is 6.41. The molecule has 6 nitrogen and oxygen atoms in total. The molecular formula is C25H22Cl3N3O3. The Morgan fingerprint density at radius 2 is 1.47 bits per heavy atom. The quantitative estimate of drug-likeness (QED) is 0.459. The molecule has 0 saturated carbocycles. The number of benzene rings is 3. The predicted molar refractivity (Wildman–Crippen MR) is 137 cm³/mol. The van der Waals surface area contributed by atoms with Gasteiger partial charge in [0.05, 0.1) is 23.3 Å². The van der Waals surface area contributed by atoms with Gasteiger partial charge in [-0.2, -0.15) is 0 Å². The standard InChI is InChI=1S/C25H22Cl3N3O3/c1-34-23-9-3-16(26)14-21(23)25(33)31-12-10-30(11-13-31)19-6-4-18(5-7-19)29-24(32)20-8-2-17(27)15-22(20)28/h2-9,14-15H,10-13H2,1H3,(H,29,32). The Morgan fingerprint density at radius 3 is 2.12 bits per heavy atom. The number of hydrogen-bond acceptors (Lipinski definition) is 4. The first-order chi connectivity index (χ1) is 16.4. The van der Waals surface area contributed by atoms with E-state index in [1.54, 1.807) is 35.2 Å². The lowest BCUT2D eigenvalue weighted by atomic mass is 10.1. The zero-order chi connectivity index (χ0) is 24.2. The number of piperazine rings is 1. The van der Waals surface area contributed by atoms with Crippen LogP contribution in [0.25, 0.3) is 0 Å². The topological polar surface area (TPSA) is 61.9 Å². The molecule has 0 aromatic heterocycles. The van der Waals surface area contributed by atoms with Gasteiger partial charge in [-0.3, -0.25) is 9.59 Å². The Hall–Kier alpha value is -2.93. The van der Waals surface area contributed by atoms with Crippen LogP contribution in [0.4, 0.5) is 11.4 Å². The van der Waals surface area contributed by atoms with E-state index in [4.69, 9.17) is 39.5 Å². The maximum atomic E-state index is 13.0. The summed E-state index contributed by atoms with van der Waals surface area (Å²) in [5, 5.41) is 4.10. The average Bonchev–Trinajstić information content (AvgIpc) is 2.84. The SMILES string of the molecule is COc1ccc(Cl)cc1C(=O)N1CCN(c2ccc(NC(=O)c3ccc(Cl)cc3Cl)cc2)CC1. The third kappa shape index (κ3) is 5.41. The second-order valence-electron chi connectivity index (χ2n) is 7.75. The summed E-state index contributed by atoms with van der Waals surface area (Å²) >= 11 is 18.1. The number of rotatable bonds is 5. The second kappa shape index (κ2) is 10.6. The van der Waals surface area contributed by atoms with Crippen molar-refractivity contribution in [1.82, 2.24) is 4.90 Å². The van der Waals surface area contributed by atoms with Gasteiger partial charge in [-0.05, 0) is 60.7 Å². The summed E-state index contributed by atoms with van der Waals surface area (Å²) in [6.45, 7) is 2.51. The maximum Gasteiger partial charge on any atom is 0.257 e. The monoisotopic (exact) mass is 517 g/mol. The number of nitrogens with one attached hydrogen (secondary N) is 1. The third-order valence-electron chi connectivity index (χ3n) is 5.62. The van der Waals surface area contributed by atoms with E-state index in [1.807, 2.05) is 24.3 Å². The predicted octanol–water partition coefficient (Wildman–Crippen LogP) is 5.87. The molecule has 1 saturated heterocycles. The van der Waals surface area contributed by atoms with Crippen molar-refractivity contribution in [3.63, 3.8) is 0 Å². The molecule has 0 spiro atoms. The van der Waals surface area contributed by atoms with E-state index in [0.717, 1.165) is 5.69 Å². The van der Waals surface area contributed by atoms with Crippen molar-refractivity contribution in [2.75, 3.05) is 43.5 Å². The van der Waals surface area contributed by atoms with E-state index in [0.29, 0.717) is 63.8 Å². The summed E-state index contributed by atoms with van der Waals surface area (Å²) in [6.07, 6.45) is 0. The fourth-order valence-electron chi connectivity index (χ4n) is 3.81. The molecule has 1 fully saturated rings. The summed E-state index contributed by atoms with van der Waals surface area (Å²) in [5.41, 5.74) is 2.48. The highest BCUT2D eigenvalue weighted by Gasteiger charge is 2.25. The summed E-state index contributed by atoms with van der Waals surface area (Å²) in [7, 11) is 1.54. The molecule has 1 aliphatic heterocycles. The number of hydrogen-bond donors (Lipinski definition) is 1. The van der Waals surface area contributed by atoms with E-state index in [9.17, 15) is 9.59 Å². The molecule has 4 rings (SSSR count). The Bertz CT molecular complexity index is 1210. The van der Waals surface area contributed by atoms with Gasteiger partial charge in [0, 0.05) is 47.6 Å². The minimum absolute atomic E-state index is 0.0991. The van der Waals surface area contributed by atoms with Gasteiger partial charge in [0.2, 0.25) is 0 Å². The number of methoxy groups -OCH3 is 1. The van der Waals surface area contributed by atoms with Crippen LogP contribution in [-0.2, 0) is 0 Å². The van der Waals surface area contributed by atoms with Crippen LogP contribution in [0.2, 0.25) is 15.1 Å². The summed E-state index contributed by atoms with van der Waals surface area (Å²) in [6, 6.07) is 17.3. The van der Waals surface area contributed by atoms with Crippen molar-refractivity contribution in [2.45, 2.75) is 0 Å². The van der Waals surface area contributed by atoms with Gasteiger partial charge in [0.15, 0.2) is 0 Å². The van der Waals surface area contributed by atoms with Gasteiger partial charge in [-0.1, -0.05) is 34.8 Å². The average molecular weight is 519 g/mol. The number of carbonyl (C=O) groups excluding carboxylic acids is 2. The van der Waals surface area contributed by atoms with Crippen LogP contribution in [0, 0.1) is 0 Å². The smallest absolute Gasteiger partial charge is 0.257 e. The van der Waals surface area contributed by atoms with Crippen LogP contribution in [0.5, 0.6) is 5.75 Å². The van der Waals surface area contributed by atoms with Crippen molar-refractivity contribution in [3.8, 4) is 5.75 Å². The largest absolute Gasteiger partial charge is 0.496 e. The molecule has 3 aromatic rings. The van der Waals surface area contributed by atoms with Crippen LogP contribution in [0.15, 0.2) is 60.7 Å². The van der Waals surface area contributed by atoms with Crippen molar-refractivity contribution in [3.05, 3.63) is 86.9 Å². The van der Waals surface area contributed by atoms with Gasteiger partial charge in [-0.15, -0.1) is 0 Å². The summed E-state index contributed by atoms with van der Waals surface area (Å²) in [5.74, 6) is 0.102. The Labute approximate surface area is 213 Å². The van der Waals surface area contributed by atoms with Gasteiger partial charge in [0.25, 0.3) is 11.8 Å². The van der Waals surface area contributed by atoms with Crippen molar-refractivity contribution < 1.29 is 14.3 Å². The van der Waals surface area contributed by atoms with Gasteiger partial charge < -0.3 is 19.9 Å². The summed E-state index contributed by atoms with van der Waals surface area (Å²) < 4.78 is 5.32. The number of halogens is 3. The molecule has 3 aromatic carbocycles. The molecule has 0 aliphatic carbocycles. The molecule has 2 amide bonds. The first-order valence-corrected chi connectivity index (χ1v) is 11.7. The Kier molecular flexibility index (Phi) is 7.51. The number of nitrogens with zero attached hydrogens (tertiary/aromatic N) is 2. The number of carbonyl (C=O) groups is 2. The molecule has 1 heterocycles. The van der Waals surface area contributed by atoms with Gasteiger partial charge in [0.1, 0.15) is 5.75 Å². The van der Waals surface area contributed by atoms with Crippen LogP contribution < -0.4 is 15.0 Å². The first-order valence-electron chi connectivity index (χ1n) is 10.6. The lowest BCUT2D eigenvalue weighted by molar-refractivity contribution is 0.0743. The molecule has 1 N–H and O–H groups in total. The lowest BCUT2D eigenvalue weighted by Gasteiger charge is -2.36. The number of ether oxygens (including phenoxy) is 1. The van der Waals surface area contributed by atoms with E-state index < -0.39 is 0 Å². The molecule has 0 bridgehead atoms. The molecule has 9 heteroatoms. The summed E-state index contributed by atoms with van der Waals surface area (Å²) in [4.78, 5) is 29.5.